The van der Waals surface area contributed by atoms with E-state index in [9.17, 15) is 0 Å². The smallest absolute Gasteiger partial charge is 0.119 e. The summed E-state index contributed by atoms with van der Waals surface area (Å²) in [5.74, 6) is 1.62. The minimum atomic E-state index is 0.811. The van der Waals surface area contributed by atoms with E-state index < -0.39 is 0 Å². The topological polar surface area (TPSA) is 44.2 Å². The predicted octanol–water partition coefficient (Wildman–Crippen LogP) is 6.13. The van der Waals surface area contributed by atoms with Gasteiger partial charge in [0.25, 0.3) is 0 Å². The average molecular weight is 392 g/mol. The van der Waals surface area contributed by atoms with Gasteiger partial charge < -0.3 is 9.47 Å². The van der Waals surface area contributed by atoms with E-state index in [0.29, 0.717) is 0 Å². The van der Waals surface area contributed by atoms with Crippen LogP contribution in [-0.2, 0) is 0 Å². The van der Waals surface area contributed by atoms with Crippen LogP contribution in [0.1, 0.15) is 0 Å². The molecular weight excluding hydrogens is 372 g/mol. The van der Waals surface area contributed by atoms with Gasteiger partial charge in [0.2, 0.25) is 0 Å². The zero-order chi connectivity index (χ0) is 20.5. The molecule has 0 fully saturated rings. The Bertz CT molecular complexity index is 1270. The third-order valence-corrected chi connectivity index (χ3v) is 5.25. The van der Waals surface area contributed by atoms with Crippen molar-refractivity contribution in [2.75, 3.05) is 14.2 Å². The first kappa shape index (κ1) is 18.1. The summed E-state index contributed by atoms with van der Waals surface area (Å²) in [6.45, 7) is 0. The molecule has 0 atom stereocenters. The van der Waals surface area contributed by atoms with Gasteiger partial charge in [-0.25, -0.2) is 9.97 Å². The van der Waals surface area contributed by atoms with Crippen LogP contribution in [0.15, 0.2) is 84.9 Å². The molecule has 5 rings (SSSR count). The minimum Gasteiger partial charge on any atom is -0.497 e. The Balaban J connectivity index is 1.70. The molecule has 0 spiro atoms. The summed E-state index contributed by atoms with van der Waals surface area (Å²) in [7, 11) is 3.34. The number of benzene rings is 3. The fourth-order valence-corrected chi connectivity index (χ4v) is 3.65. The number of rotatable bonds is 4. The quantitative estimate of drug-likeness (QED) is 0.345. The van der Waals surface area contributed by atoms with Crippen molar-refractivity contribution in [2.24, 2.45) is 0 Å². The molecule has 4 nitrogen and oxygen atoms in total. The molecule has 0 saturated heterocycles. The van der Waals surface area contributed by atoms with Gasteiger partial charge in [-0.15, -0.1) is 0 Å². The lowest BCUT2D eigenvalue weighted by molar-refractivity contribution is 0.415. The van der Waals surface area contributed by atoms with Crippen LogP contribution in [0.2, 0.25) is 0 Å². The molecule has 0 radical (unpaired) electrons. The summed E-state index contributed by atoms with van der Waals surface area (Å²) in [5.41, 5.74) is 5.58. The van der Waals surface area contributed by atoms with Crippen LogP contribution >= 0.6 is 0 Å². The van der Waals surface area contributed by atoms with Crippen molar-refractivity contribution in [3.05, 3.63) is 84.9 Å². The molecule has 0 unspecified atom stereocenters. The number of hydrogen-bond acceptors (Lipinski definition) is 4. The molecule has 3 aromatic carbocycles. The average Bonchev–Trinajstić information content (AvgIpc) is 2.83. The van der Waals surface area contributed by atoms with E-state index in [1.54, 1.807) is 14.2 Å². The Morgan fingerprint density at radius 1 is 0.533 bits per heavy atom. The molecule has 0 bridgehead atoms. The first-order valence-electron chi connectivity index (χ1n) is 9.74. The molecule has 5 aromatic rings. The number of pyridine rings is 2. The molecule has 2 heterocycles. The van der Waals surface area contributed by atoms with Crippen molar-refractivity contribution < 1.29 is 9.47 Å². The van der Waals surface area contributed by atoms with Gasteiger partial charge in [-0.1, -0.05) is 48.5 Å². The summed E-state index contributed by atoms with van der Waals surface area (Å²) in [6, 6.07) is 28.3. The molecular formula is C26H20N2O2. The highest BCUT2D eigenvalue weighted by atomic mass is 16.5. The van der Waals surface area contributed by atoms with Crippen LogP contribution < -0.4 is 9.47 Å². The molecule has 0 aliphatic heterocycles. The summed E-state index contributed by atoms with van der Waals surface area (Å²) in [6.07, 6.45) is 0. The van der Waals surface area contributed by atoms with Crippen LogP contribution in [0.25, 0.3) is 44.3 Å². The number of nitrogens with zero attached hydrogens (tertiary/aromatic N) is 2. The van der Waals surface area contributed by atoms with E-state index in [-0.39, 0.29) is 0 Å². The van der Waals surface area contributed by atoms with E-state index in [1.165, 1.54) is 0 Å². The lowest BCUT2D eigenvalue weighted by atomic mass is 10.1. The maximum Gasteiger partial charge on any atom is 0.119 e. The normalized spacial score (nSPS) is 11.0. The Labute approximate surface area is 174 Å². The van der Waals surface area contributed by atoms with Crippen LogP contribution in [0.5, 0.6) is 11.5 Å². The van der Waals surface area contributed by atoms with Gasteiger partial charge >= 0.3 is 0 Å². The van der Waals surface area contributed by atoms with E-state index in [1.807, 2.05) is 60.7 Å². The minimum absolute atomic E-state index is 0.811. The summed E-state index contributed by atoms with van der Waals surface area (Å²) >= 11 is 0. The zero-order valence-corrected chi connectivity index (χ0v) is 16.8. The third-order valence-electron chi connectivity index (χ3n) is 5.25. The number of methoxy groups -OCH3 is 2. The Morgan fingerprint density at radius 3 is 1.40 bits per heavy atom. The number of aromatic nitrogens is 2. The summed E-state index contributed by atoms with van der Waals surface area (Å²) < 4.78 is 10.7. The van der Waals surface area contributed by atoms with Crippen LogP contribution in [0, 0.1) is 0 Å². The fourth-order valence-electron chi connectivity index (χ4n) is 3.65. The molecule has 30 heavy (non-hydrogen) atoms. The fraction of sp³-hybridized carbons (Fsp3) is 0.0769. The van der Waals surface area contributed by atoms with Gasteiger partial charge in [0.1, 0.15) is 11.5 Å². The van der Waals surface area contributed by atoms with Gasteiger partial charge in [0.05, 0.1) is 36.6 Å². The highest BCUT2D eigenvalue weighted by Gasteiger charge is 2.09. The number of ether oxygens (including phenoxy) is 2. The molecule has 0 aliphatic rings. The van der Waals surface area contributed by atoms with Crippen molar-refractivity contribution in [2.45, 2.75) is 0 Å². The second-order valence-electron chi connectivity index (χ2n) is 7.07. The van der Waals surface area contributed by atoms with Gasteiger partial charge in [0.15, 0.2) is 0 Å². The molecule has 0 N–H and O–H groups in total. The molecule has 0 aliphatic carbocycles. The highest BCUT2D eigenvalue weighted by Crippen LogP contribution is 2.30. The van der Waals surface area contributed by atoms with Gasteiger partial charge in [-0.05, 0) is 36.4 Å². The van der Waals surface area contributed by atoms with Gasteiger partial charge in [-0.3, -0.25) is 0 Å². The third kappa shape index (κ3) is 3.22. The van der Waals surface area contributed by atoms with E-state index in [0.717, 1.165) is 55.8 Å². The second-order valence-corrected chi connectivity index (χ2v) is 7.07. The Morgan fingerprint density at radius 2 is 0.967 bits per heavy atom. The summed E-state index contributed by atoms with van der Waals surface area (Å²) in [4.78, 5) is 9.95. The van der Waals surface area contributed by atoms with Crippen LogP contribution in [0.4, 0.5) is 0 Å². The van der Waals surface area contributed by atoms with Crippen molar-refractivity contribution in [3.63, 3.8) is 0 Å². The molecule has 0 saturated carbocycles. The molecule has 0 amide bonds. The Hall–Kier alpha value is -3.92. The monoisotopic (exact) mass is 392 g/mol. The largest absolute Gasteiger partial charge is 0.497 e. The molecule has 4 heteroatoms. The van der Waals surface area contributed by atoms with Gasteiger partial charge in [-0.2, -0.15) is 0 Å². The first-order chi connectivity index (χ1) is 14.7. The van der Waals surface area contributed by atoms with Crippen molar-refractivity contribution in [3.8, 4) is 34.0 Å². The van der Waals surface area contributed by atoms with Gasteiger partial charge in [0, 0.05) is 21.9 Å². The second kappa shape index (κ2) is 7.48. The number of fused-ring (bicyclic) bond motifs is 3. The van der Waals surface area contributed by atoms with Crippen molar-refractivity contribution >= 4 is 21.8 Å². The van der Waals surface area contributed by atoms with Crippen molar-refractivity contribution in [1.82, 2.24) is 9.97 Å². The van der Waals surface area contributed by atoms with E-state index in [4.69, 9.17) is 19.4 Å². The van der Waals surface area contributed by atoms with Crippen LogP contribution in [-0.4, -0.2) is 24.2 Å². The Kier molecular flexibility index (Phi) is 4.52. The maximum absolute atomic E-state index is 5.37. The SMILES string of the molecule is COc1cccc(-c2ccc3ccc4ccc(-c5cccc(OC)c5)nc4c3n2)c1. The lowest BCUT2D eigenvalue weighted by Gasteiger charge is -2.09. The predicted molar refractivity (Wildman–Crippen MR) is 121 cm³/mol. The standard InChI is InChI=1S/C26H20N2O2/c1-29-21-7-3-5-19(15-21)23-13-11-17-9-10-18-12-14-24(28-26(18)25(17)27-23)20-6-4-8-22(16-20)30-2/h3-16H,1-2H3. The van der Waals surface area contributed by atoms with Crippen LogP contribution in [0.3, 0.4) is 0 Å². The van der Waals surface area contributed by atoms with E-state index in [2.05, 4.69) is 24.3 Å². The van der Waals surface area contributed by atoms with Crippen molar-refractivity contribution in [1.29, 1.82) is 0 Å². The lowest BCUT2D eigenvalue weighted by Crippen LogP contribution is -1.92. The maximum atomic E-state index is 5.37. The first-order valence-corrected chi connectivity index (χ1v) is 9.74. The zero-order valence-electron chi connectivity index (χ0n) is 16.8. The summed E-state index contributed by atoms with van der Waals surface area (Å²) in [5, 5.41) is 2.12. The molecule has 146 valence electrons. The van der Waals surface area contributed by atoms with E-state index >= 15 is 0 Å². The number of hydrogen-bond donors (Lipinski definition) is 0. The molecule has 2 aromatic heterocycles. The highest BCUT2D eigenvalue weighted by molar-refractivity contribution is 6.04.